The van der Waals surface area contributed by atoms with Crippen molar-refractivity contribution < 1.29 is 29.0 Å². The number of fused-ring (bicyclic) bond motifs is 2. The molecule has 0 aromatic heterocycles. The molecule has 4 aliphatic rings. The van der Waals surface area contributed by atoms with Crippen LogP contribution >= 0.6 is 0 Å². The molecule has 32 heavy (non-hydrogen) atoms. The number of hydrogen-bond donors (Lipinski definition) is 1. The van der Waals surface area contributed by atoms with Crippen molar-refractivity contribution in [1.29, 1.82) is 0 Å². The number of nitrogens with zero attached hydrogens (tertiary/aromatic N) is 2. The number of ether oxygens (including phenoxy) is 2. The molecule has 2 fully saturated rings. The van der Waals surface area contributed by atoms with Gasteiger partial charge < -0.3 is 24.4 Å². The van der Waals surface area contributed by atoms with Gasteiger partial charge >= 0.3 is 5.97 Å². The predicted molar refractivity (Wildman–Crippen MR) is 116 cm³/mol. The summed E-state index contributed by atoms with van der Waals surface area (Å²) in [7, 11) is 0. The smallest absolute Gasteiger partial charge is 0.313 e. The van der Waals surface area contributed by atoms with E-state index in [4.69, 9.17) is 9.47 Å². The van der Waals surface area contributed by atoms with E-state index in [0.29, 0.717) is 19.5 Å². The molecule has 0 aromatic rings. The van der Waals surface area contributed by atoms with Gasteiger partial charge in [-0.2, -0.15) is 0 Å². The Morgan fingerprint density at radius 2 is 1.94 bits per heavy atom. The van der Waals surface area contributed by atoms with Gasteiger partial charge in [0.15, 0.2) is 0 Å². The summed E-state index contributed by atoms with van der Waals surface area (Å²) in [4.78, 5) is 44.0. The van der Waals surface area contributed by atoms with Gasteiger partial charge in [-0.05, 0) is 26.7 Å². The zero-order valence-electron chi connectivity index (χ0n) is 19.2. The zero-order chi connectivity index (χ0) is 23.1. The van der Waals surface area contributed by atoms with Crippen molar-refractivity contribution in [2.75, 3.05) is 26.3 Å². The molecule has 2 saturated heterocycles. The number of esters is 1. The Hall–Kier alpha value is -2.19. The van der Waals surface area contributed by atoms with Crippen molar-refractivity contribution in [2.24, 2.45) is 11.8 Å². The molecule has 1 N–H and O–H groups in total. The molecule has 4 rings (SSSR count). The van der Waals surface area contributed by atoms with Crippen molar-refractivity contribution in [3.63, 3.8) is 0 Å². The third-order valence-electron chi connectivity index (χ3n) is 7.31. The third kappa shape index (κ3) is 3.39. The Kier molecular flexibility index (Phi) is 6.20. The van der Waals surface area contributed by atoms with E-state index in [1.807, 2.05) is 24.3 Å². The van der Waals surface area contributed by atoms with Crippen LogP contribution in [0.4, 0.5) is 0 Å². The molecule has 0 radical (unpaired) electrons. The van der Waals surface area contributed by atoms with E-state index in [-0.39, 0.29) is 25.0 Å². The minimum atomic E-state index is -1.29. The van der Waals surface area contributed by atoms with Crippen LogP contribution in [0.1, 0.15) is 46.5 Å². The summed E-state index contributed by atoms with van der Waals surface area (Å²) in [5.41, 5.74) is -2.35. The third-order valence-corrected chi connectivity index (χ3v) is 7.31. The highest BCUT2D eigenvalue weighted by Crippen LogP contribution is 2.57. The Labute approximate surface area is 189 Å². The molecular weight excluding hydrogens is 412 g/mol. The average Bonchev–Trinajstić information content (AvgIpc) is 3.09. The fourth-order valence-corrected chi connectivity index (χ4v) is 5.79. The van der Waals surface area contributed by atoms with Gasteiger partial charge in [-0.25, -0.2) is 0 Å². The Bertz CT molecular complexity index is 840. The maximum absolute atomic E-state index is 13.9. The Morgan fingerprint density at radius 3 is 2.66 bits per heavy atom. The topological polar surface area (TPSA) is 96.4 Å². The predicted octanol–water partition coefficient (Wildman–Crippen LogP) is 1.43. The molecule has 2 amide bonds. The highest BCUT2D eigenvalue weighted by molar-refractivity contribution is 5.99. The lowest BCUT2D eigenvalue weighted by Crippen LogP contribution is -2.58. The van der Waals surface area contributed by atoms with Crippen LogP contribution in [0, 0.1) is 11.8 Å². The van der Waals surface area contributed by atoms with Gasteiger partial charge in [0, 0.05) is 13.1 Å². The summed E-state index contributed by atoms with van der Waals surface area (Å²) in [6.07, 6.45) is 10.9. The van der Waals surface area contributed by atoms with Crippen LogP contribution in [0.3, 0.4) is 0 Å². The van der Waals surface area contributed by atoms with Gasteiger partial charge in [0.2, 0.25) is 11.8 Å². The van der Waals surface area contributed by atoms with Crippen LogP contribution in [-0.4, -0.2) is 82.3 Å². The summed E-state index contributed by atoms with van der Waals surface area (Å²) >= 11 is 0. The number of carbonyl (C=O) groups is 3. The van der Waals surface area contributed by atoms with Crippen LogP contribution in [0.2, 0.25) is 0 Å². The van der Waals surface area contributed by atoms with Gasteiger partial charge in [-0.1, -0.05) is 44.1 Å². The lowest BCUT2D eigenvalue weighted by molar-refractivity contribution is -0.161. The molecule has 0 aliphatic carbocycles. The van der Waals surface area contributed by atoms with E-state index >= 15 is 0 Å². The first kappa shape index (κ1) is 23.0. The van der Waals surface area contributed by atoms with Crippen molar-refractivity contribution in [3.8, 4) is 0 Å². The molecule has 8 nitrogen and oxygen atoms in total. The summed E-state index contributed by atoms with van der Waals surface area (Å²) in [5, 5.41) is 9.90. The number of rotatable bonds is 6. The second-order valence-corrected chi connectivity index (χ2v) is 9.53. The molecule has 1 spiro atoms. The molecule has 176 valence electrons. The first-order valence-electron chi connectivity index (χ1n) is 11.7. The van der Waals surface area contributed by atoms with Crippen LogP contribution < -0.4 is 0 Å². The number of hydrogen-bond acceptors (Lipinski definition) is 6. The van der Waals surface area contributed by atoms with Crippen LogP contribution in [0.25, 0.3) is 0 Å². The van der Waals surface area contributed by atoms with Gasteiger partial charge in [-0.3, -0.25) is 14.4 Å². The Balaban J connectivity index is 1.81. The first-order valence-corrected chi connectivity index (χ1v) is 11.7. The zero-order valence-corrected chi connectivity index (χ0v) is 19.2. The molecule has 0 bridgehead atoms. The lowest BCUT2D eigenvalue weighted by Gasteiger charge is -2.39. The van der Waals surface area contributed by atoms with E-state index in [2.05, 4.69) is 6.92 Å². The summed E-state index contributed by atoms with van der Waals surface area (Å²) < 4.78 is 12.1. The van der Waals surface area contributed by atoms with Crippen molar-refractivity contribution in [1.82, 2.24) is 9.80 Å². The van der Waals surface area contributed by atoms with Crippen LogP contribution in [-0.2, 0) is 23.9 Å². The highest BCUT2D eigenvalue weighted by Gasteiger charge is 2.75. The second-order valence-electron chi connectivity index (χ2n) is 9.53. The van der Waals surface area contributed by atoms with Crippen molar-refractivity contribution in [3.05, 3.63) is 24.3 Å². The Morgan fingerprint density at radius 1 is 1.16 bits per heavy atom. The molecular formula is C24H34N2O6. The van der Waals surface area contributed by atoms with Gasteiger partial charge in [0.1, 0.15) is 17.6 Å². The van der Waals surface area contributed by atoms with E-state index in [0.717, 1.165) is 19.3 Å². The number of aliphatic hydroxyl groups excluding tert-OH is 1. The molecule has 6 atom stereocenters. The number of cyclic esters (lactones) is 1. The molecule has 0 saturated carbocycles. The number of aliphatic hydroxyl groups is 1. The second kappa shape index (κ2) is 8.63. The van der Waals surface area contributed by atoms with E-state index < -0.39 is 41.1 Å². The fraction of sp³-hybridized carbons (Fsp3) is 0.708. The van der Waals surface area contributed by atoms with Gasteiger partial charge in [0.05, 0.1) is 30.8 Å². The highest BCUT2D eigenvalue weighted by atomic mass is 16.6. The van der Waals surface area contributed by atoms with E-state index in [9.17, 15) is 19.5 Å². The number of likely N-dealkylation sites (tertiary alicyclic amines) is 1. The summed E-state index contributed by atoms with van der Waals surface area (Å²) in [6, 6.07) is -1.52. The minimum Gasteiger partial charge on any atom is -0.465 e. The lowest BCUT2D eigenvalue weighted by atomic mass is 9.74. The van der Waals surface area contributed by atoms with Crippen molar-refractivity contribution in [2.45, 2.75) is 69.7 Å². The van der Waals surface area contributed by atoms with E-state index in [1.165, 1.54) is 4.90 Å². The molecule has 1 unspecified atom stereocenters. The van der Waals surface area contributed by atoms with Crippen LogP contribution in [0.5, 0.6) is 0 Å². The van der Waals surface area contributed by atoms with Crippen LogP contribution in [0.15, 0.2) is 24.3 Å². The molecule has 4 heterocycles. The number of amides is 2. The standard InChI is InChI=1S/C24H34N2O6/c1-4-5-7-12-25-13-9-11-24-17(20(28)26(16(2)15-27)19(24)21(25)29)18-22(30)31-14-8-6-10-23(18,3)32-24/h6,9-11,16-19,27H,4-5,7-8,12-15H2,1-3H3/t16-,17+,18+,19?,23-,24+/m1/s1. The summed E-state index contributed by atoms with van der Waals surface area (Å²) in [5.74, 6) is -2.78. The first-order chi connectivity index (χ1) is 15.3. The maximum Gasteiger partial charge on any atom is 0.313 e. The molecule has 8 heteroatoms. The largest absolute Gasteiger partial charge is 0.465 e. The molecule has 0 aromatic carbocycles. The summed E-state index contributed by atoms with van der Waals surface area (Å²) in [6.45, 7) is 6.59. The minimum absolute atomic E-state index is 0.197. The number of carbonyl (C=O) groups excluding carboxylic acids is 3. The fourth-order valence-electron chi connectivity index (χ4n) is 5.79. The quantitative estimate of drug-likeness (QED) is 0.377. The van der Waals surface area contributed by atoms with Gasteiger partial charge in [-0.15, -0.1) is 0 Å². The van der Waals surface area contributed by atoms with Gasteiger partial charge in [0.25, 0.3) is 0 Å². The maximum atomic E-state index is 13.9. The SMILES string of the molecule is CCCCCN1CC=C[C@]23O[C@]4(C)C=CCCOC(=O)[C@@H]4[C@H]2C(=O)N([C@H](C)CO)C3C1=O. The average molecular weight is 447 g/mol. The monoisotopic (exact) mass is 446 g/mol. The number of unbranched alkanes of at least 4 members (excludes halogenated alkanes) is 2. The van der Waals surface area contributed by atoms with E-state index in [1.54, 1.807) is 18.7 Å². The normalized spacial score (nSPS) is 37.4. The van der Waals surface area contributed by atoms with Crippen molar-refractivity contribution >= 4 is 17.8 Å². The molecule has 4 aliphatic heterocycles.